The van der Waals surface area contributed by atoms with E-state index in [-0.39, 0.29) is 6.61 Å². The van der Waals surface area contributed by atoms with Crippen molar-refractivity contribution in [2.24, 2.45) is 0 Å². The van der Waals surface area contributed by atoms with Crippen LogP contribution in [0.5, 0.6) is 0 Å². The van der Waals surface area contributed by atoms with E-state index in [1.165, 1.54) is 0 Å². The summed E-state index contributed by atoms with van der Waals surface area (Å²) >= 11 is 0. The molecule has 0 rings (SSSR count). The zero-order chi connectivity index (χ0) is 18.1. The molecule has 0 saturated heterocycles. The van der Waals surface area contributed by atoms with E-state index in [2.05, 4.69) is 20.1 Å². The third-order valence-electron chi connectivity index (χ3n) is 2.72. The summed E-state index contributed by atoms with van der Waals surface area (Å²) in [5, 5.41) is 8.36. The lowest BCUT2D eigenvalue weighted by atomic mass is 10.3. The zero-order valence-corrected chi connectivity index (χ0v) is 15.5. The lowest BCUT2D eigenvalue weighted by molar-refractivity contribution is 0.0327. The molecule has 0 saturated carbocycles. The second-order valence-electron chi connectivity index (χ2n) is 5.03. The number of aliphatic hydroxyl groups excluding tert-OH is 1. The molecule has 144 valence electrons. The van der Waals surface area contributed by atoms with Crippen molar-refractivity contribution in [1.29, 1.82) is 0 Å². The summed E-state index contributed by atoms with van der Waals surface area (Å²) in [5.74, 6) is 0. The summed E-state index contributed by atoms with van der Waals surface area (Å²) in [5.41, 5.74) is 0. The molecule has 5 heteroatoms. The van der Waals surface area contributed by atoms with Gasteiger partial charge in [-0.25, -0.2) is 0 Å². The minimum absolute atomic E-state index is 0.0798. The quantitative estimate of drug-likeness (QED) is 0.305. The molecule has 0 aliphatic rings. The fourth-order valence-electron chi connectivity index (χ4n) is 1.51. The normalized spacial score (nSPS) is 10.1. The van der Waals surface area contributed by atoms with E-state index in [1.54, 1.807) is 0 Å². The van der Waals surface area contributed by atoms with E-state index in [0.717, 1.165) is 65.1 Å². The fraction of sp³-hybridized carbons (Fsp3) is 0.789. The van der Waals surface area contributed by atoms with E-state index in [9.17, 15) is 0 Å². The third-order valence-corrected chi connectivity index (χ3v) is 2.72. The molecule has 0 spiro atoms. The Morgan fingerprint density at radius 1 is 0.667 bits per heavy atom. The lowest BCUT2D eigenvalue weighted by Gasteiger charge is -2.03. The van der Waals surface area contributed by atoms with Gasteiger partial charge < -0.3 is 24.1 Å². The van der Waals surface area contributed by atoms with E-state index >= 15 is 0 Å². The summed E-state index contributed by atoms with van der Waals surface area (Å²) in [6, 6.07) is 0. The SMILES string of the molecule is C=CCCCOCCOCCC.C=CCCCOCCOCCO. The molecule has 0 aliphatic carbocycles. The van der Waals surface area contributed by atoms with E-state index in [0.29, 0.717) is 19.8 Å². The minimum atomic E-state index is 0.0798. The highest BCUT2D eigenvalue weighted by Crippen LogP contribution is 1.91. The maximum atomic E-state index is 8.36. The lowest BCUT2D eigenvalue weighted by Crippen LogP contribution is -2.07. The van der Waals surface area contributed by atoms with Crippen molar-refractivity contribution in [2.75, 3.05) is 59.5 Å². The van der Waals surface area contributed by atoms with Gasteiger partial charge in [-0.3, -0.25) is 0 Å². The van der Waals surface area contributed by atoms with Crippen LogP contribution < -0.4 is 0 Å². The summed E-state index contributed by atoms with van der Waals surface area (Å²) in [6.45, 7) is 14.9. The van der Waals surface area contributed by atoms with Gasteiger partial charge in [0.15, 0.2) is 0 Å². The topological polar surface area (TPSA) is 57.2 Å². The van der Waals surface area contributed by atoms with Gasteiger partial charge >= 0.3 is 0 Å². The Balaban J connectivity index is 0. The number of aliphatic hydroxyl groups is 1. The molecule has 0 radical (unpaired) electrons. The smallest absolute Gasteiger partial charge is 0.0701 e. The first kappa shape index (κ1) is 25.5. The van der Waals surface area contributed by atoms with Crippen LogP contribution >= 0.6 is 0 Å². The molecule has 0 aliphatic heterocycles. The van der Waals surface area contributed by atoms with Crippen LogP contribution in [0.15, 0.2) is 25.3 Å². The molecule has 0 aromatic heterocycles. The molecule has 0 amide bonds. The van der Waals surface area contributed by atoms with E-state index < -0.39 is 0 Å². The first-order valence-corrected chi connectivity index (χ1v) is 8.97. The van der Waals surface area contributed by atoms with Crippen LogP contribution in [0.2, 0.25) is 0 Å². The molecule has 0 aromatic carbocycles. The van der Waals surface area contributed by atoms with Crippen LogP contribution in [0.3, 0.4) is 0 Å². The Labute approximate surface area is 148 Å². The van der Waals surface area contributed by atoms with Gasteiger partial charge in [0.2, 0.25) is 0 Å². The molecular weight excluding hydrogens is 308 g/mol. The van der Waals surface area contributed by atoms with Crippen molar-refractivity contribution in [3.8, 4) is 0 Å². The van der Waals surface area contributed by atoms with Crippen LogP contribution in [0, 0.1) is 0 Å². The number of ether oxygens (including phenoxy) is 4. The largest absolute Gasteiger partial charge is 0.394 e. The third kappa shape index (κ3) is 29.3. The fourth-order valence-corrected chi connectivity index (χ4v) is 1.51. The van der Waals surface area contributed by atoms with Gasteiger partial charge in [-0.05, 0) is 32.1 Å². The average Bonchev–Trinajstić information content (AvgIpc) is 2.60. The van der Waals surface area contributed by atoms with Gasteiger partial charge in [-0.1, -0.05) is 19.1 Å². The van der Waals surface area contributed by atoms with Crippen molar-refractivity contribution < 1.29 is 24.1 Å². The Hall–Kier alpha value is -0.720. The molecule has 0 atom stereocenters. The predicted molar refractivity (Wildman–Crippen MR) is 99.5 cm³/mol. The number of rotatable bonds is 18. The highest BCUT2D eigenvalue weighted by atomic mass is 16.5. The Bertz CT molecular complexity index is 210. The van der Waals surface area contributed by atoms with Crippen LogP contribution in [0.4, 0.5) is 0 Å². The van der Waals surface area contributed by atoms with Gasteiger partial charge in [0.25, 0.3) is 0 Å². The van der Waals surface area contributed by atoms with Gasteiger partial charge in [0, 0.05) is 19.8 Å². The number of hydrogen-bond donors (Lipinski definition) is 1. The molecule has 0 heterocycles. The van der Waals surface area contributed by atoms with Gasteiger partial charge in [-0.2, -0.15) is 0 Å². The molecule has 24 heavy (non-hydrogen) atoms. The van der Waals surface area contributed by atoms with Gasteiger partial charge in [-0.15, -0.1) is 13.2 Å². The maximum absolute atomic E-state index is 8.36. The molecule has 0 unspecified atom stereocenters. The Morgan fingerprint density at radius 3 is 1.46 bits per heavy atom. The van der Waals surface area contributed by atoms with E-state index in [1.807, 2.05) is 12.2 Å². The van der Waals surface area contributed by atoms with Crippen molar-refractivity contribution >= 4 is 0 Å². The highest BCUT2D eigenvalue weighted by molar-refractivity contribution is 4.65. The molecule has 5 nitrogen and oxygen atoms in total. The molecule has 0 aromatic rings. The summed E-state index contributed by atoms with van der Waals surface area (Å²) in [4.78, 5) is 0. The van der Waals surface area contributed by atoms with Gasteiger partial charge in [0.1, 0.15) is 0 Å². The summed E-state index contributed by atoms with van der Waals surface area (Å²) in [6.07, 6.45) is 8.99. The summed E-state index contributed by atoms with van der Waals surface area (Å²) < 4.78 is 20.8. The first-order valence-electron chi connectivity index (χ1n) is 8.97. The van der Waals surface area contributed by atoms with Crippen LogP contribution in [0.25, 0.3) is 0 Å². The zero-order valence-electron chi connectivity index (χ0n) is 15.5. The molecule has 0 bridgehead atoms. The summed E-state index contributed by atoms with van der Waals surface area (Å²) in [7, 11) is 0. The number of hydrogen-bond acceptors (Lipinski definition) is 5. The number of allylic oxidation sites excluding steroid dienone is 2. The van der Waals surface area contributed by atoms with Crippen molar-refractivity contribution in [2.45, 2.75) is 39.0 Å². The molecule has 1 N–H and O–H groups in total. The Morgan fingerprint density at radius 2 is 1.08 bits per heavy atom. The highest BCUT2D eigenvalue weighted by Gasteiger charge is 1.89. The van der Waals surface area contributed by atoms with Crippen molar-refractivity contribution in [3.05, 3.63) is 25.3 Å². The number of unbranched alkanes of at least 4 members (excludes halogenated alkanes) is 2. The van der Waals surface area contributed by atoms with E-state index in [4.69, 9.17) is 24.1 Å². The monoisotopic (exact) mass is 346 g/mol. The average molecular weight is 347 g/mol. The predicted octanol–water partition coefficient (Wildman–Crippen LogP) is 3.37. The second kappa shape index (κ2) is 27.1. The maximum Gasteiger partial charge on any atom is 0.0701 e. The van der Waals surface area contributed by atoms with Crippen LogP contribution in [-0.4, -0.2) is 64.6 Å². The van der Waals surface area contributed by atoms with Crippen molar-refractivity contribution in [1.82, 2.24) is 0 Å². The standard InChI is InChI=1S/C10H20O2.C9H18O3/c1-3-5-6-8-12-10-9-11-7-4-2;1-2-3-4-6-11-8-9-12-7-5-10/h3H,1,4-10H2,2H3;2,10H,1,3-9H2. The molecular formula is C19H38O5. The molecule has 0 fully saturated rings. The minimum Gasteiger partial charge on any atom is -0.394 e. The van der Waals surface area contributed by atoms with Crippen LogP contribution in [-0.2, 0) is 18.9 Å². The first-order chi connectivity index (χ1) is 11.8. The van der Waals surface area contributed by atoms with Crippen LogP contribution in [0.1, 0.15) is 39.0 Å². The second-order valence-corrected chi connectivity index (χ2v) is 5.03. The Kier molecular flexibility index (Phi) is 28.9. The van der Waals surface area contributed by atoms with Crippen molar-refractivity contribution in [3.63, 3.8) is 0 Å². The van der Waals surface area contributed by atoms with Gasteiger partial charge in [0.05, 0.1) is 39.6 Å².